The van der Waals surface area contributed by atoms with Gasteiger partial charge in [0.05, 0.1) is 0 Å². The summed E-state index contributed by atoms with van der Waals surface area (Å²) in [6, 6.07) is 6.63. The number of benzene rings is 1. The van der Waals surface area contributed by atoms with Gasteiger partial charge < -0.3 is 10.4 Å². The predicted octanol–water partition coefficient (Wildman–Crippen LogP) is 3.71. The molecular formula is C17H27NOS. The van der Waals surface area contributed by atoms with E-state index < -0.39 is 5.60 Å². The maximum absolute atomic E-state index is 11.3. The maximum Gasteiger partial charge on any atom is 0.105 e. The van der Waals surface area contributed by atoms with E-state index in [2.05, 4.69) is 44.3 Å². The zero-order chi connectivity index (χ0) is 14.6. The van der Waals surface area contributed by atoms with Gasteiger partial charge in [-0.25, -0.2) is 0 Å². The normalized spacial score (nSPS) is 18.6. The molecule has 0 aromatic heterocycles. The number of hydrogen-bond acceptors (Lipinski definition) is 3. The Labute approximate surface area is 127 Å². The minimum absolute atomic E-state index is 0.0751. The average molecular weight is 293 g/mol. The molecule has 0 bridgehead atoms. The van der Waals surface area contributed by atoms with Gasteiger partial charge in [0.2, 0.25) is 0 Å². The highest BCUT2D eigenvalue weighted by Gasteiger charge is 2.35. The largest absolute Gasteiger partial charge is 0.384 e. The van der Waals surface area contributed by atoms with E-state index in [1.54, 1.807) is 0 Å². The molecule has 112 valence electrons. The van der Waals surface area contributed by atoms with Gasteiger partial charge in [-0.3, -0.25) is 0 Å². The quantitative estimate of drug-likeness (QED) is 0.804. The van der Waals surface area contributed by atoms with Crippen LogP contribution in [0, 0.1) is 0 Å². The standard InChI is InChI=1S/C17H27NOS/c1-4-6-10-17(19,13(3)18-5-2)15-7-8-16-14(12-15)9-11-20-16/h7-8,12-13,18-19H,4-6,9-11H2,1-3H3. The van der Waals surface area contributed by atoms with E-state index in [0.717, 1.165) is 37.8 Å². The van der Waals surface area contributed by atoms with Gasteiger partial charge in [0, 0.05) is 16.7 Å². The van der Waals surface area contributed by atoms with Crippen molar-refractivity contribution in [3.8, 4) is 0 Å². The molecule has 2 N–H and O–H groups in total. The summed E-state index contributed by atoms with van der Waals surface area (Å²) in [5, 5.41) is 14.7. The summed E-state index contributed by atoms with van der Waals surface area (Å²) in [6.45, 7) is 7.26. The number of likely N-dealkylation sites (N-methyl/N-ethyl adjacent to an activating group) is 1. The molecule has 0 saturated carbocycles. The Morgan fingerprint density at radius 1 is 1.40 bits per heavy atom. The molecule has 1 aliphatic heterocycles. The molecule has 2 atom stereocenters. The molecule has 0 radical (unpaired) electrons. The SMILES string of the molecule is CCCCC(O)(c1ccc2c(c1)CCS2)C(C)NCC. The van der Waals surface area contributed by atoms with Gasteiger partial charge in [-0.15, -0.1) is 11.8 Å². The van der Waals surface area contributed by atoms with E-state index in [9.17, 15) is 5.11 Å². The summed E-state index contributed by atoms with van der Waals surface area (Å²) in [6.07, 6.45) is 4.12. The summed E-state index contributed by atoms with van der Waals surface area (Å²) in [4.78, 5) is 1.39. The predicted molar refractivity (Wildman–Crippen MR) is 87.4 cm³/mol. The first kappa shape index (κ1) is 15.9. The Morgan fingerprint density at radius 2 is 2.20 bits per heavy atom. The number of fused-ring (bicyclic) bond motifs is 1. The number of rotatable bonds is 7. The highest BCUT2D eigenvalue weighted by atomic mass is 32.2. The monoisotopic (exact) mass is 293 g/mol. The van der Waals surface area contributed by atoms with Gasteiger partial charge >= 0.3 is 0 Å². The van der Waals surface area contributed by atoms with E-state index in [-0.39, 0.29) is 6.04 Å². The zero-order valence-electron chi connectivity index (χ0n) is 12.9. The molecule has 2 nitrogen and oxygen atoms in total. The third kappa shape index (κ3) is 3.21. The number of thioether (sulfide) groups is 1. The van der Waals surface area contributed by atoms with E-state index in [1.807, 2.05) is 11.8 Å². The first-order chi connectivity index (χ1) is 9.61. The smallest absolute Gasteiger partial charge is 0.105 e. The number of aryl methyl sites for hydroxylation is 1. The van der Waals surface area contributed by atoms with Crippen LogP contribution in [0.4, 0.5) is 0 Å². The zero-order valence-corrected chi connectivity index (χ0v) is 13.7. The summed E-state index contributed by atoms with van der Waals surface area (Å²) < 4.78 is 0. The second-order valence-electron chi connectivity index (χ2n) is 5.73. The molecule has 0 fully saturated rings. The summed E-state index contributed by atoms with van der Waals surface area (Å²) in [5.41, 5.74) is 1.74. The van der Waals surface area contributed by atoms with Crippen molar-refractivity contribution >= 4 is 11.8 Å². The molecule has 1 aliphatic rings. The third-order valence-electron chi connectivity index (χ3n) is 4.33. The van der Waals surface area contributed by atoms with Crippen molar-refractivity contribution in [2.75, 3.05) is 12.3 Å². The highest BCUT2D eigenvalue weighted by Crippen LogP contribution is 2.37. The minimum Gasteiger partial charge on any atom is -0.384 e. The van der Waals surface area contributed by atoms with Crippen LogP contribution in [0.2, 0.25) is 0 Å². The average Bonchev–Trinajstić information content (AvgIpc) is 2.92. The van der Waals surface area contributed by atoms with Gasteiger partial charge in [0.25, 0.3) is 0 Å². The molecule has 0 aliphatic carbocycles. The Hall–Kier alpha value is -0.510. The van der Waals surface area contributed by atoms with Crippen LogP contribution in [0.1, 0.15) is 51.2 Å². The second kappa shape index (κ2) is 6.97. The van der Waals surface area contributed by atoms with Crippen molar-refractivity contribution in [1.82, 2.24) is 5.32 Å². The Bertz CT molecular complexity index is 449. The van der Waals surface area contributed by atoms with Crippen LogP contribution in [-0.2, 0) is 12.0 Å². The summed E-state index contributed by atoms with van der Waals surface area (Å²) in [7, 11) is 0. The van der Waals surface area contributed by atoms with Crippen molar-refractivity contribution in [3.05, 3.63) is 29.3 Å². The second-order valence-corrected chi connectivity index (χ2v) is 6.86. The molecular weight excluding hydrogens is 266 g/mol. The lowest BCUT2D eigenvalue weighted by molar-refractivity contribution is -0.00735. The van der Waals surface area contributed by atoms with Crippen LogP contribution in [0.15, 0.2) is 23.1 Å². The molecule has 20 heavy (non-hydrogen) atoms. The van der Waals surface area contributed by atoms with E-state index in [0.29, 0.717) is 0 Å². The Morgan fingerprint density at radius 3 is 2.90 bits per heavy atom. The first-order valence-electron chi connectivity index (χ1n) is 7.83. The van der Waals surface area contributed by atoms with Gasteiger partial charge in [-0.05, 0) is 43.5 Å². The van der Waals surface area contributed by atoms with Crippen LogP contribution < -0.4 is 5.32 Å². The number of aliphatic hydroxyl groups is 1. The molecule has 1 aromatic carbocycles. The molecule has 1 aromatic rings. The van der Waals surface area contributed by atoms with Crippen LogP contribution in [-0.4, -0.2) is 23.4 Å². The highest BCUT2D eigenvalue weighted by molar-refractivity contribution is 7.99. The summed E-state index contributed by atoms with van der Waals surface area (Å²) >= 11 is 1.93. The van der Waals surface area contributed by atoms with E-state index in [1.165, 1.54) is 16.2 Å². The van der Waals surface area contributed by atoms with Crippen molar-refractivity contribution in [2.24, 2.45) is 0 Å². The van der Waals surface area contributed by atoms with Crippen LogP contribution >= 0.6 is 11.8 Å². The molecule has 3 heteroatoms. The number of nitrogens with one attached hydrogen (secondary N) is 1. The van der Waals surface area contributed by atoms with Gasteiger partial charge in [0.1, 0.15) is 5.60 Å². The van der Waals surface area contributed by atoms with Crippen LogP contribution in [0.5, 0.6) is 0 Å². The van der Waals surface area contributed by atoms with Crippen molar-refractivity contribution in [1.29, 1.82) is 0 Å². The van der Waals surface area contributed by atoms with Crippen molar-refractivity contribution in [3.63, 3.8) is 0 Å². The lowest BCUT2D eigenvalue weighted by Crippen LogP contribution is -2.46. The molecule has 2 unspecified atom stereocenters. The lowest BCUT2D eigenvalue weighted by atomic mass is 9.82. The first-order valence-corrected chi connectivity index (χ1v) is 8.82. The molecule has 2 rings (SSSR count). The number of hydrogen-bond donors (Lipinski definition) is 2. The Kier molecular flexibility index (Phi) is 5.53. The fourth-order valence-electron chi connectivity index (χ4n) is 2.99. The van der Waals surface area contributed by atoms with Gasteiger partial charge in [0.15, 0.2) is 0 Å². The molecule has 0 amide bonds. The topological polar surface area (TPSA) is 32.3 Å². The van der Waals surface area contributed by atoms with Crippen LogP contribution in [0.25, 0.3) is 0 Å². The van der Waals surface area contributed by atoms with E-state index >= 15 is 0 Å². The van der Waals surface area contributed by atoms with E-state index in [4.69, 9.17) is 0 Å². The maximum atomic E-state index is 11.3. The number of unbranched alkanes of at least 4 members (excludes halogenated alkanes) is 1. The van der Waals surface area contributed by atoms with Gasteiger partial charge in [-0.1, -0.05) is 38.8 Å². The fraction of sp³-hybridized carbons (Fsp3) is 0.647. The molecule has 1 heterocycles. The minimum atomic E-state index is -0.756. The Balaban J connectivity index is 2.29. The molecule has 0 saturated heterocycles. The summed E-state index contributed by atoms with van der Waals surface area (Å²) in [5.74, 6) is 1.18. The van der Waals surface area contributed by atoms with Gasteiger partial charge in [-0.2, -0.15) is 0 Å². The third-order valence-corrected chi connectivity index (χ3v) is 5.44. The van der Waals surface area contributed by atoms with Crippen LogP contribution in [0.3, 0.4) is 0 Å². The molecule has 0 spiro atoms. The lowest BCUT2D eigenvalue weighted by Gasteiger charge is -2.35. The fourth-order valence-corrected chi connectivity index (χ4v) is 4.04. The van der Waals surface area contributed by atoms with Crippen molar-refractivity contribution in [2.45, 2.75) is 63.0 Å². The van der Waals surface area contributed by atoms with Crippen molar-refractivity contribution < 1.29 is 5.11 Å².